The van der Waals surface area contributed by atoms with Gasteiger partial charge < -0.3 is 15.3 Å². The van der Waals surface area contributed by atoms with Crippen LogP contribution >= 0.6 is 23.2 Å². The first-order chi connectivity index (χ1) is 16.3. The topological polar surface area (TPSA) is 110 Å². The Hall–Kier alpha value is -2.86. The van der Waals surface area contributed by atoms with Crippen LogP contribution in [0.5, 0.6) is 0 Å². The molecule has 2 aliphatic heterocycles. The predicted molar refractivity (Wildman–Crippen MR) is 129 cm³/mol. The molecule has 0 saturated carbocycles. The molecular weight excluding hydrogens is 477 g/mol. The number of hydrogen-bond donors (Lipinski definition) is 2. The number of rotatable bonds is 5. The lowest BCUT2D eigenvalue weighted by molar-refractivity contribution is -0.134. The van der Waals surface area contributed by atoms with Gasteiger partial charge in [0.1, 0.15) is 17.4 Å². The van der Waals surface area contributed by atoms with Crippen LogP contribution in [0.15, 0.2) is 36.5 Å². The van der Waals surface area contributed by atoms with Gasteiger partial charge in [-0.3, -0.25) is 9.69 Å². The van der Waals surface area contributed by atoms with Crippen LogP contribution in [0.4, 0.5) is 10.6 Å². The maximum Gasteiger partial charge on any atom is 0.407 e. The molecule has 1 aromatic heterocycles. The van der Waals surface area contributed by atoms with Gasteiger partial charge in [0.15, 0.2) is 5.78 Å². The lowest BCUT2D eigenvalue weighted by Crippen LogP contribution is -2.61. The molecule has 2 atom stereocenters. The van der Waals surface area contributed by atoms with E-state index in [0.717, 1.165) is 16.3 Å². The number of hydrogen-bond acceptors (Lipinski definition) is 6. The molecule has 0 spiro atoms. The number of anilines is 1. The number of carboxylic acid groups (broad SMARTS) is 1. The molecule has 0 unspecified atom stereocenters. The van der Waals surface area contributed by atoms with Gasteiger partial charge in [-0.05, 0) is 42.7 Å². The minimum Gasteiger partial charge on any atom is -0.465 e. The highest BCUT2D eigenvalue weighted by atomic mass is 35.5. The Morgan fingerprint density at radius 1 is 1.24 bits per heavy atom. The second-order valence-corrected chi connectivity index (χ2v) is 9.58. The lowest BCUT2D eigenvalue weighted by atomic mass is 9.72. The standard InChI is InChI=1S/C24H25Cl2N5O3/c1-30(23(33)34)24(14-28-13-18(24)17-3-4-19(25)20(26)10-17)22(32)16-6-8-31(9-7-16)21-5-2-15(11-27)12-29-21/h2-5,10,12,16,18,28H,6-9,13-14H2,1H3,(H,33,34)/t18-,24+/m1/s1. The monoisotopic (exact) mass is 501 g/mol. The van der Waals surface area contributed by atoms with Gasteiger partial charge in [-0.1, -0.05) is 29.3 Å². The lowest BCUT2D eigenvalue weighted by Gasteiger charge is -2.43. The zero-order valence-electron chi connectivity index (χ0n) is 18.7. The molecule has 34 heavy (non-hydrogen) atoms. The van der Waals surface area contributed by atoms with Crippen molar-refractivity contribution < 1.29 is 14.7 Å². The van der Waals surface area contributed by atoms with Gasteiger partial charge in [0.05, 0.1) is 15.6 Å². The maximum atomic E-state index is 14.1. The van der Waals surface area contributed by atoms with E-state index in [-0.39, 0.29) is 18.2 Å². The first-order valence-corrected chi connectivity index (χ1v) is 11.8. The van der Waals surface area contributed by atoms with Crippen LogP contribution in [0.3, 0.4) is 0 Å². The third kappa shape index (κ3) is 4.31. The normalized spacial score (nSPS) is 22.9. The number of piperidine rings is 1. The number of pyridine rings is 1. The largest absolute Gasteiger partial charge is 0.465 e. The molecule has 3 heterocycles. The first-order valence-electron chi connectivity index (χ1n) is 11.1. The second-order valence-electron chi connectivity index (χ2n) is 8.77. The summed E-state index contributed by atoms with van der Waals surface area (Å²) in [4.78, 5) is 33.8. The number of carbonyl (C=O) groups is 2. The number of halogens is 2. The van der Waals surface area contributed by atoms with Gasteiger partial charge in [-0.25, -0.2) is 9.78 Å². The molecule has 8 nitrogen and oxygen atoms in total. The molecule has 10 heteroatoms. The molecule has 1 aromatic carbocycles. The van der Waals surface area contributed by atoms with Crippen molar-refractivity contribution in [1.82, 2.24) is 15.2 Å². The SMILES string of the molecule is CN(C(=O)O)[C@@]1(C(=O)C2CCN(c3ccc(C#N)cn3)CC2)CNC[C@@H]1c1ccc(Cl)c(Cl)c1. The summed E-state index contributed by atoms with van der Waals surface area (Å²) in [5.41, 5.74) is 0.0253. The van der Waals surface area contributed by atoms with Crippen molar-refractivity contribution in [2.45, 2.75) is 24.3 Å². The molecule has 2 saturated heterocycles. The van der Waals surface area contributed by atoms with Gasteiger partial charge in [0.2, 0.25) is 0 Å². The zero-order valence-corrected chi connectivity index (χ0v) is 20.2. The quantitative estimate of drug-likeness (QED) is 0.641. The van der Waals surface area contributed by atoms with Crippen LogP contribution < -0.4 is 10.2 Å². The molecule has 4 rings (SSSR count). The molecule has 0 bridgehead atoms. The molecule has 0 radical (unpaired) electrons. The maximum absolute atomic E-state index is 14.1. The van der Waals surface area contributed by atoms with E-state index < -0.39 is 17.6 Å². The zero-order chi connectivity index (χ0) is 24.5. The van der Waals surface area contributed by atoms with Crippen molar-refractivity contribution in [2.75, 3.05) is 38.1 Å². The number of Topliss-reactive ketones (excluding diaryl/α,β-unsaturated/α-hetero) is 1. The summed E-state index contributed by atoms with van der Waals surface area (Å²) in [5.74, 6) is 0.0000786. The van der Waals surface area contributed by atoms with E-state index in [4.69, 9.17) is 28.5 Å². The average Bonchev–Trinajstić information content (AvgIpc) is 3.31. The summed E-state index contributed by atoms with van der Waals surface area (Å²) in [6.45, 7) is 1.92. The summed E-state index contributed by atoms with van der Waals surface area (Å²) in [7, 11) is 1.47. The van der Waals surface area contributed by atoms with Gasteiger partial charge in [0, 0.05) is 51.3 Å². The van der Waals surface area contributed by atoms with Crippen LogP contribution in [0.25, 0.3) is 0 Å². The molecule has 1 amide bonds. The van der Waals surface area contributed by atoms with Gasteiger partial charge in [0.25, 0.3) is 0 Å². The smallest absolute Gasteiger partial charge is 0.407 e. The van der Waals surface area contributed by atoms with E-state index in [1.807, 2.05) is 12.1 Å². The summed E-state index contributed by atoms with van der Waals surface area (Å²) < 4.78 is 0. The van der Waals surface area contributed by atoms with Crippen molar-refractivity contribution in [3.63, 3.8) is 0 Å². The number of likely N-dealkylation sites (N-methyl/N-ethyl adjacent to an activating group) is 1. The summed E-state index contributed by atoms with van der Waals surface area (Å²) in [6, 6.07) is 10.8. The van der Waals surface area contributed by atoms with E-state index in [9.17, 15) is 14.7 Å². The minimum absolute atomic E-state index is 0.0779. The molecular formula is C24H25Cl2N5O3. The Kier molecular flexibility index (Phi) is 6.99. The number of nitriles is 1. The highest BCUT2D eigenvalue weighted by Crippen LogP contribution is 2.42. The molecule has 2 aliphatic rings. The van der Waals surface area contributed by atoms with E-state index >= 15 is 0 Å². The molecule has 2 N–H and O–H groups in total. The Balaban J connectivity index is 1.59. The minimum atomic E-state index is -1.25. The summed E-state index contributed by atoms with van der Waals surface area (Å²) in [6.07, 6.45) is 1.56. The highest BCUT2D eigenvalue weighted by molar-refractivity contribution is 6.42. The first kappa shape index (κ1) is 24.3. The molecule has 0 aliphatic carbocycles. The van der Waals surface area contributed by atoms with Gasteiger partial charge in [-0.15, -0.1) is 0 Å². The van der Waals surface area contributed by atoms with Crippen molar-refractivity contribution in [3.8, 4) is 6.07 Å². The molecule has 2 fully saturated rings. The number of carbonyl (C=O) groups excluding carboxylic acids is 1. The number of aromatic nitrogens is 1. The third-order valence-electron chi connectivity index (χ3n) is 7.04. The van der Waals surface area contributed by atoms with Gasteiger partial charge in [-0.2, -0.15) is 5.26 Å². The Morgan fingerprint density at radius 2 is 1.97 bits per heavy atom. The third-order valence-corrected chi connectivity index (χ3v) is 7.78. The number of amides is 1. The average molecular weight is 502 g/mol. The van der Waals surface area contributed by atoms with E-state index in [1.165, 1.54) is 13.2 Å². The van der Waals surface area contributed by atoms with E-state index in [1.54, 1.807) is 18.2 Å². The van der Waals surface area contributed by atoms with Crippen molar-refractivity contribution in [3.05, 3.63) is 57.7 Å². The number of benzene rings is 1. The number of ketones is 1. The van der Waals surface area contributed by atoms with Crippen LogP contribution in [-0.4, -0.2) is 65.6 Å². The van der Waals surface area contributed by atoms with Crippen LogP contribution in [0, 0.1) is 17.2 Å². The fourth-order valence-electron chi connectivity index (χ4n) is 5.13. The van der Waals surface area contributed by atoms with Crippen LogP contribution in [0.2, 0.25) is 10.0 Å². The number of nitrogens with zero attached hydrogens (tertiary/aromatic N) is 4. The highest BCUT2D eigenvalue weighted by Gasteiger charge is 2.56. The van der Waals surface area contributed by atoms with Crippen molar-refractivity contribution in [2.24, 2.45) is 5.92 Å². The molecule has 178 valence electrons. The Bertz CT molecular complexity index is 1130. The fourth-order valence-corrected chi connectivity index (χ4v) is 5.44. The predicted octanol–water partition coefficient (Wildman–Crippen LogP) is 3.78. The Morgan fingerprint density at radius 3 is 2.56 bits per heavy atom. The summed E-state index contributed by atoms with van der Waals surface area (Å²) >= 11 is 12.3. The Labute approximate surface area is 208 Å². The van der Waals surface area contributed by atoms with E-state index in [2.05, 4.69) is 21.3 Å². The molecule has 2 aromatic rings. The van der Waals surface area contributed by atoms with Gasteiger partial charge >= 0.3 is 6.09 Å². The summed E-state index contributed by atoms with van der Waals surface area (Å²) in [5, 5.41) is 22.9. The van der Waals surface area contributed by atoms with Crippen molar-refractivity contribution >= 4 is 40.9 Å². The van der Waals surface area contributed by atoms with Crippen molar-refractivity contribution in [1.29, 1.82) is 5.26 Å². The van der Waals surface area contributed by atoms with Crippen LogP contribution in [0.1, 0.15) is 29.9 Å². The second kappa shape index (κ2) is 9.79. The van der Waals surface area contributed by atoms with E-state index in [0.29, 0.717) is 48.1 Å². The number of nitrogens with one attached hydrogen (secondary N) is 1. The fraction of sp³-hybridized carbons (Fsp3) is 0.417. The van der Waals surface area contributed by atoms with Crippen LogP contribution in [-0.2, 0) is 4.79 Å².